The molecule has 0 saturated carbocycles. The molecule has 7 heteroatoms. The van der Waals surface area contributed by atoms with Gasteiger partial charge in [-0.05, 0) is 50.0 Å². The number of benzene rings is 1. The zero-order chi connectivity index (χ0) is 15.5. The first-order chi connectivity index (χ1) is 9.95. The number of hydrogen-bond donors (Lipinski definition) is 1. The van der Waals surface area contributed by atoms with Crippen LogP contribution in [0.25, 0.3) is 0 Å². The lowest BCUT2D eigenvalue weighted by Gasteiger charge is -2.31. The highest BCUT2D eigenvalue weighted by molar-refractivity contribution is 7.89. The molecule has 1 fully saturated rings. The maximum atomic E-state index is 12.6. The van der Waals surface area contributed by atoms with Crippen LogP contribution in [0, 0.1) is 5.92 Å². The maximum Gasteiger partial charge on any atom is 0.244 e. The predicted octanol–water partition coefficient (Wildman–Crippen LogP) is 3.00. The van der Waals surface area contributed by atoms with E-state index in [-0.39, 0.29) is 9.92 Å². The molecule has 21 heavy (non-hydrogen) atoms. The summed E-state index contributed by atoms with van der Waals surface area (Å²) in [5.74, 6) is 0.539. The normalized spacial score (nSPS) is 18.0. The van der Waals surface area contributed by atoms with Crippen molar-refractivity contribution in [3.05, 3.63) is 28.2 Å². The van der Waals surface area contributed by atoms with Crippen LogP contribution in [0.1, 0.15) is 19.8 Å². The Morgan fingerprint density at radius 2 is 1.95 bits per heavy atom. The van der Waals surface area contributed by atoms with Crippen molar-refractivity contribution in [2.24, 2.45) is 5.92 Å². The molecule has 1 aliphatic rings. The summed E-state index contributed by atoms with van der Waals surface area (Å²) in [5.41, 5.74) is 0. The fraction of sp³-hybridized carbons (Fsp3) is 0.571. The Labute approximate surface area is 136 Å². The molecule has 0 aromatic heterocycles. The second-order valence-corrected chi connectivity index (χ2v) is 7.98. The molecule has 4 nitrogen and oxygen atoms in total. The second kappa shape index (κ2) is 7.29. The van der Waals surface area contributed by atoms with E-state index < -0.39 is 10.0 Å². The van der Waals surface area contributed by atoms with E-state index in [2.05, 4.69) is 12.2 Å². The zero-order valence-electron chi connectivity index (χ0n) is 12.0. The number of piperidine rings is 1. The van der Waals surface area contributed by atoms with Crippen molar-refractivity contribution < 1.29 is 8.42 Å². The largest absolute Gasteiger partial charge is 0.317 e. The van der Waals surface area contributed by atoms with E-state index in [1.54, 1.807) is 6.07 Å². The average Bonchev–Trinajstić information content (AvgIpc) is 2.45. The summed E-state index contributed by atoms with van der Waals surface area (Å²) in [6.45, 7) is 5.04. The van der Waals surface area contributed by atoms with Crippen LogP contribution in [0.4, 0.5) is 0 Å². The Morgan fingerprint density at radius 1 is 1.29 bits per heavy atom. The van der Waals surface area contributed by atoms with Gasteiger partial charge in [0.25, 0.3) is 0 Å². The molecular formula is C14H20Cl2N2O2S. The van der Waals surface area contributed by atoms with Gasteiger partial charge < -0.3 is 5.32 Å². The van der Waals surface area contributed by atoms with Gasteiger partial charge in [0.1, 0.15) is 4.90 Å². The van der Waals surface area contributed by atoms with Crippen molar-refractivity contribution >= 4 is 33.2 Å². The molecule has 118 valence electrons. The second-order valence-electron chi connectivity index (χ2n) is 5.23. The quantitative estimate of drug-likeness (QED) is 0.887. The number of nitrogens with one attached hydrogen (secondary N) is 1. The first-order valence-corrected chi connectivity index (χ1v) is 9.30. The summed E-state index contributed by atoms with van der Waals surface area (Å²) < 4.78 is 26.8. The summed E-state index contributed by atoms with van der Waals surface area (Å²) >= 11 is 11.9. The van der Waals surface area contributed by atoms with Crippen LogP contribution in [-0.4, -0.2) is 38.9 Å². The smallest absolute Gasteiger partial charge is 0.244 e. The Balaban J connectivity index is 2.08. The highest BCUT2D eigenvalue weighted by Gasteiger charge is 2.30. The Bertz CT molecular complexity index is 585. The number of nitrogens with zero attached hydrogens (tertiary/aromatic N) is 1. The van der Waals surface area contributed by atoms with Gasteiger partial charge in [0.05, 0.1) is 5.02 Å². The molecule has 1 aromatic rings. The van der Waals surface area contributed by atoms with E-state index in [1.807, 2.05) is 0 Å². The fourth-order valence-electron chi connectivity index (χ4n) is 2.53. The lowest BCUT2D eigenvalue weighted by Crippen LogP contribution is -2.40. The van der Waals surface area contributed by atoms with Gasteiger partial charge in [0.15, 0.2) is 0 Å². The molecule has 1 heterocycles. The van der Waals surface area contributed by atoms with Gasteiger partial charge in [-0.3, -0.25) is 0 Å². The lowest BCUT2D eigenvalue weighted by atomic mass is 9.98. The molecule has 1 N–H and O–H groups in total. The molecule has 0 bridgehead atoms. The Hall–Kier alpha value is -0.330. The molecule has 0 spiro atoms. The van der Waals surface area contributed by atoms with Crippen molar-refractivity contribution in [3.8, 4) is 0 Å². The standard InChI is InChI=1S/C14H20Cl2N2O2S/c1-2-17-10-11-5-7-18(8-6-11)21(19,20)14-4-3-12(15)9-13(14)16/h3-4,9,11,17H,2,5-8,10H2,1H3. The summed E-state index contributed by atoms with van der Waals surface area (Å²) in [6.07, 6.45) is 1.74. The van der Waals surface area contributed by atoms with Gasteiger partial charge in [-0.15, -0.1) is 0 Å². The SMILES string of the molecule is CCNCC1CCN(S(=O)(=O)c2ccc(Cl)cc2Cl)CC1. The van der Waals surface area contributed by atoms with E-state index in [0.717, 1.165) is 25.9 Å². The monoisotopic (exact) mass is 350 g/mol. The topological polar surface area (TPSA) is 49.4 Å². The molecule has 0 amide bonds. The molecular weight excluding hydrogens is 331 g/mol. The third-order valence-corrected chi connectivity index (χ3v) is 6.38. The molecule has 0 radical (unpaired) electrons. The molecule has 0 aliphatic carbocycles. The zero-order valence-corrected chi connectivity index (χ0v) is 14.3. The van der Waals surface area contributed by atoms with Crippen molar-refractivity contribution in [3.63, 3.8) is 0 Å². The molecule has 0 unspecified atom stereocenters. The van der Waals surface area contributed by atoms with Crippen LogP contribution in [0.15, 0.2) is 23.1 Å². The molecule has 1 saturated heterocycles. The van der Waals surface area contributed by atoms with Gasteiger partial charge in [0, 0.05) is 18.1 Å². The maximum absolute atomic E-state index is 12.6. The van der Waals surface area contributed by atoms with Gasteiger partial charge in [-0.25, -0.2) is 8.42 Å². The van der Waals surface area contributed by atoms with E-state index in [4.69, 9.17) is 23.2 Å². The van der Waals surface area contributed by atoms with Crippen molar-refractivity contribution in [2.45, 2.75) is 24.7 Å². The van der Waals surface area contributed by atoms with E-state index in [9.17, 15) is 8.42 Å². The van der Waals surface area contributed by atoms with Crippen LogP contribution in [0.2, 0.25) is 10.0 Å². The number of sulfonamides is 1. The molecule has 2 rings (SSSR count). The van der Waals surface area contributed by atoms with Gasteiger partial charge >= 0.3 is 0 Å². The Morgan fingerprint density at radius 3 is 2.52 bits per heavy atom. The number of rotatable bonds is 5. The number of hydrogen-bond acceptors (Lipinski definition) is 3. The number of halogens is 2. The molecule has 0 atom stereocenters. The van der Waals surface area contributed by atoms with Gasteiger partial charge in [-0.2, -0.15) is 4.31 Å². The first-order valence-electron chi connectivity index (χ1n) is 7.11. The van der Waals surface area contributed by atoms with Crippen LogP contribution in [-0.2, 0) is 10.0 Å². The van der Waals surface area contributed by atoms with Crippen molar-refractivity contribution in [1.82, 2.24) is 9.62 Å². The van der Waals surface area contributed by atoms with Crippen LogP contribution in [0.3, 0.4) is 0 Å². The summed E-state index contributed by atoms with van der Waals surface area (Å²) in [6, 6.07) is 4.50. The van der Waals surface area contributed by atoms with Crippen LogP contribution >= 0.6 is 23.2 Å². The minimum Gasteiger partial charge on any atom is -0.317 e. The Kier molecular flexibility index (Phi) is 5.91. The third-order valence-electron chi connectivity index (χ3n) is 3.77. The van der Waals surface area contributed by atoms with Gasteiger partial charge in [0.2, 0.25) is 10.0 Å². The summed E-state index contributed by atoms with van der Waals surface area (Å²) in [7, 11) is -3.53. The average molecular weight is 351 g/mol. The van der Waals surface area contributed by atoms with E-state index in [1.165, 1.54) is 16.4 Å². The first kappa shape index (κ1) is 17.0. The lowest BCUT2D eigenvalue weighted by molar-refractivity contribution is 0.268. The van der Waals surface area contributed by atoms with Crippen molar-refractivity contribution in [1.29, 1.82) is 0 Å². The van der Waals surface area contributed by atoms with Gasteiger partial charge in [-0.1, -0.05) is 30.1 Å². The van der Waals surface area contributed by atoms with E-state index in [0.29, 0.717) is 24.0 Å². The van der Waals surface area contributed by atoms with Crippen LogP contribution < -0.4 is 5.32 Å². The molecule has 1 aromatic carbocycles. The van der Waals surface area contributed by atoms with E-state index >= 15 is 0 Å². The summed E-state index contributed by atoms with van der Waals surface area (Å²) in [4.78, 5) is 0.138. The minimum atomic E-state index is -3.53. The summed E-state index contributed by atoms with van der Waals surface area (Å²) in [5, 5.41) is 3.93. The predicted molar refractivity (Wildman–Crippen MR) is 86.5 cm³/mol. The fourth-order valence-corrected chi connectivity index (χ4v) is 4.74. The van der Waals surface area contributed by atoms with Crippen LogP contribution in [0.5, 0.6) is 0 Å². The highest BCUT2D eigenvalue weighted by atomic mass is 35.5. The highest BCUT2D eigenvalue weighted by Crippen LogP contribution is 2.29. The third kappa shape index (κ3) is 4.11. The minimum absolute atomic E-state index is 0.138. The van der Waals surface area contributed by atoms with Crippen molar-refractivity contribution in [2.75, 3.05) is 26.2 Å². The molecule has 1 aliphatic heterocycles.